The molecule has 1 aromatic heterocycles. The van der Waals surface area contributed by atoms with Crippen LogP contribution >= 0.6 is 11.8 Å². The van der Waals surface area contributed by atoms with Crippen molar-refractivity contribution in [3.8, 4) is 0 Å². The van der Waals surface area contributed by atoms with Crippen LogP contribution in [0.15, 0.2) is 5.16 Å². The zero-order valence-corrected chi connectivity index (χ0v) is 13.9. The number of rotatable bonds is 5. The van der Waals surface area contributed by atoms with Gasteiger partial charge in [-0.25, -0.2) is 0 Å². The van der Waals surface area contributed by atoms with Crippen molar-refractivity contribution in [1.82, 2.24) is 19.7 Å². The summed E-state index contributed by atoms with van der Waals surface area (Å²) in [5, 5.41) is 18.2. The van der Waals surface area contributed by atoms with Gasteiger partial charge in [-0.2, -0.15) is 0 Å². The molecule has 1 saturated heterocycles. The van der Waals surface area contributed by atoms with E-state index in [9.17, 15) is 4.79 Å². The molecule has 0 saturated carbocycles. The average molecular weight is 312 g/mol. The van der Waals surface area contributed by atoms with Crippen LogP contribution in [0.3, 0.4) is 0 Å². The lowest BCUT2D eigenvalue weighted by Crippen LogP contribution is -2.38. The van der Waals surface area contributed by atoms with Crippen LogP contribution < -0.4 is 0 Å². The Morgan fingerprint density at radius 1 is 1.48 bits per heavy atom. The maximum Gasteiger partial charge on any atom is 0.313 e. The highest BCUT2D eigenvalue weighted by Crippen LogP contribution is 2.34. The molecule has 1 N–H and O–H groups in total. The number of carbonyl (C=O) groups is 1. The largest absolute Gasteiger partial charge is 0.481 e. The summed E-state index contributed by atoms with van der Waals surface area (Å²) in [5.74, 6) is 0.948. The average Bonchev–Trinajstić information content (AvgIpc) is 2.80. The molecule has 0 aliphatic carbocycles. The smallest absolute Gasteiger partial charge is 0.313 e. The van der Waals surface area contributed by atoms with Crippen LogP contribution in [0.4, 0.5) is 0 Å². The second-order valence-corrected chi connectivity index (χ2v) is 7.09. The second-order valence-electron chi connectivity index (χ2n) is 6.14. The van der Waals surface area contributed by atoms with Crippen molar-refractivity contribution in [3.05, 3.63) is 5.82 Å². The van der Waals surface area contributed by atoms with Crippen molar-refractivity contribution in [2.24, 2.45) is 5.92 Å². The van der Waals surface area contributed by atoms with Gasteiger partial charge in [0.2, 0.25) is 0 Å². The first-order chi connectivity index (χ1) is 9.90. The Bertz CT molecular complexity index is 503. The van der Waals surface area contributed by atoms with E-state index >= 15 is 0 Å². The van der Waals surface area contributed by atoms with Crippen LogP contribution in [0.1, 0.15) is 45.0 Å². The molecule has 0 amide bonds. The molecule has 2 heterocycles. The summed E-state index contributed by atoms with van der Waals surface area (Å²) in [7, 11) is 2.14. The molecule has 21 heavy (non-hydrogen) atoms. The quantitative estimate of drug-likeness (QED) is 0.840. The Labute approximate surface area is 129 Å². The predicted molar refractivity (Wildman–Crippen MR) is 82.8 cm³/mol. The topological polar surface area (TPSA) is 71.2 Å². The molecule has 2 unspecified atom stereocenters. The molecule has 6 nitrogen and oxygen atoms in total. The van der Waals surface area contributed by atoms with Gasteiger partial charge in [0.15, 0.2) is 5.16 Å². The van der Waals surface area contributed by atoms with E-state index in [-0.39, 0.29) is 11.7 Å². The molecule has 1 aliphatic heterocycles. The van der Waals surface area contributed by atoms with Gasteiger partial charge in [-0.05, 0) is 25.9 Å². The van der Waals surface area contributed by atoms with Crippen molar-refractivity contribution in [1.29, 1.82) is 0 Å². The van der Waals surface area contributed by atoms with Gasteiger partial charge in [0.05, 0.1) is 5.75 Å². The molecule has 2 atom stereocenters. The Hall–Kier alpha value is -1.08. The third kappa shape index (κ3) is 3.77. The van der Waals surface area contributed by atoms with Crippen molar-refractivity contribution in [2.45, 2.75) is 44.3 Å². The summed E-state index contributed by atoms with van der Waals surface area (Å²) in [6.07, 6.45) is 1.05. The van der Waals surface area contributed by atoms with Crippen LogP contribution in [-0.4, -0.2) is 56.6 Å². The van der Waals surface area contributed by atoms with E-state index in [0.717, 1.165) is 30.5 Å². The first-order valence-corrected chi connectivity index (χ1v) is 8.36. The predicted octanol–water partition coefficient (Wildman–Crippen LogP) is 2.09. The van der Waals surface area contributed by atoms with Crippen molar-refractivity contribution < 1.29 is 9.90 Å². The fraction of sp³-hybridized carbons (Fsp3) is 0.786. The van der Waals surface area contributed by atoms with Crippen LogP contribution in [-0.2, 0) is 4.79 Å². The lowest BCUT2D eigenvalue weighted by molar-refractivity contribution is -0.133. The minimum Gasteiger partial charge on any atom is -0.481 e. The molecular formula is C14H24N4O2S. The van der Waals surface area contributed by atoms with E-state index in [1.54, 1.807) is 0 Å². The summed E-state index contributed by atoms with van der Waals surface area (Å²) in [6.45, 7) is 8.55. The van der Waals surface area contributed by atoms with Crippen molar-refractivity contribution >= 4 is 17.7 Å². The summed E-state index contributed by atoms with van der Waals surface area (Å²) >= 11 is 1.27. The number of carboxylic acids is 1. The van der Waals surface area contributed by atoms with E-state index in [0.29, 0.717) is 12.0 Å². The van der Waals surface area contributed by atoms with E-state index < -0.39 is 5.97 Å². The number of carboxylic acid groups (broad SMARTS) is 1. The van der Waals surface area contributed by atoms with Crippen LogP contribution in [0.2, 0.25) is 0 Å². The number of nitrogens with zero attached hydrogens (tertiary/aromatic N) is 4. The maximum atomic E-state index is 10.8. The first kappa shape index (κ1) is 16.3. The molecule has 0 bridgehead atoms. The van der Waals surface area contributed by atoms with Gasteiger partial charge in [0.1, 0.15) is 5.82 Å². The molecular weight excluding hydrogens is 288 g/mol. The molecule has 1 aromatic rings. The first-order valence-electron chi connectivity index (χ1n) is 7.38. The van der Waals surface area contributed by atoms with E-state index in [1.807, 2.05) is 0 Å². The van der Waals surface area contributed by atoms with Gasteiger partial charge >= 0.3 is 5.97 Å². The van der Waals surface area contributed by atoms with Crippen LogP contribution in [0.25, 0.3) is 0 Å². The van der Waals surface area contributed by atoms with Crippen molar-refractivity contribution in [2.75, 3.05) is 25.9 Å². The molecule has 118 valence electrons. The third-order valence-corrected chi connectivity index (χ3v) is 4.85. The van der Waals surface area contributed by atoms with Crippen LogP contribution in [0, 0.1) is 5.92 Å². The highest BCUT2D eigenvalue weighted by Gasteiger charge is 2.30. The zero-order valence-electron chi connectivity index (χ0n) is 13.1. The summed E-state index contributed by atoms with van der Waals surface area (Å²) in [5.41, 5.74) is 0. The zero-order chi connectivity index (χ0) is 15.6. The summed E-state index contributed by atoms with van der Waals surface area (Å²) in [6, 6.07) is 0.352. The molecule has 0 spiro atoms. The number of piperidine rings is 1. The van der Waals surface area contributed by atoms with E-state index in [2.05, 4.69) is 47.5 Å². The minimum absolute atomic E-state index is 0.0250. The van der Waals surface area contributed by atoms with Crippen molar-refractivity contribution in [3.63, 3.8) is 0 Å². The van der Waals surface area contributed by atoms with Gasteiger partial charge in [0.25, 0.3) is 0 Å². The standard InChI is InChI=1S/C14H24N4O2S/c1-9(2)13-15-16-14(21-8-12(19)20)18(13)11-5-6-17(4)7-10(11)3/h9-11H,5-8H2,1-4H3,(H,19,20). The number of hydrogen-bond acceptors (Lipinski definition) is 5. The van der Waals surface area contributed by atoms with Gasteiger partial charge in [-0.3, -0.25) is 4.79 Å². The second kappa shape index (κ2) is 6.79. The number of thioether (sulfide) groups is 1. The van der Waals surface area contributed by atoms with Gasteiger partial charge in [-0.1, -0.05) is 32.5 Å². The monoisotopic (exact) mass is 312 g/mol. The van der Waals surface area contributed by atoms with E-state index in [4.69, 9.17) is 5.11 Å². The molecule has 1 fully saturated rings. The van der Waals surface area contributed by atoms with Gasteiger partial charge < -0.3 is 14.6 Å². The lowest BCUT2D eigenvalue weighted by atomic mass is 9.93. The number of hydrogen-bond donors (Lipinski definition) is 1. The summed E-state index contributed by atoms with van der Waals surface area (Å²) < 4.78 is 2.19. The van der Waals surface area contributed by atoms with Gasteiger partial charge in [0, 0.05) is 18.5 Å². The fourth-order valence-corrected chi connectivity index (χ4v) is 3.66. The molecule has 7 heteroatoms. The minimum atomic E-state index is -0.822. The SMILES string of the molecule is CC(C)c1nnc(SCC(=O)O)n1C1CCN(C)CC1C. The normalized spacial score (nSPS) is 23.7. The number of aromatic nitrogens is 3. The maximum absolute atomic E-state index is 10.8. The Kier molecular flexibility index (Phi) is 5.27. The van der Waals surface area contributed by atoms with E-state index in [1.165, 1.54) is 11.8 Å². The molecule has 2 rings (SSSR count). The highest BCUT2D eigenvalue weighted by molar-refractivity contribution is 7.99. The number of aliphatic carboxylic acids is 1. The number of likely N-dealkylation sites (tertiary alicyclic amines) is 1. The van der Waals surface area contributed by atoms with Crippen LogP contribution in [0.5, 0.6) is 0 Å². The third-order valence-electron chi connectivity index (χ3n) is 3.93. The summed E-state index contributed by atoms with van der Waals surface area (Å²) in [4.78, 5) is 13.2. The Morgan fingerprint density at radius 3 is 2.76 bits per heavy atom. The molecule has 0 radical (unpaired) electrons. The molecule has 1 aliphatic rings. The Morgan fingerprint density at radius 2 is 2.19 bits per heavy atom. The fourth-order valence-electron chi connectivity index (χ4n) is 2.94. The van der Waals surface area contributed by atoms with Gasteiger partial charge in [-0.15, -0.1) is 10.2 Å². The Balaban J connectivity index is 2.29. The highest BCUT2D eigenvalue weighted by atomic mass is 32.2. The lowest BCUT2D eigenvalue weighted by Gasteiger charge is -2.36. The molecule has 0 aromatic carbocycles.